The molecule has 168 valence electrons. The summed E-state index contributed by atoms with van der Waals surface area (Å²) in [7, 11) is -4.18. The summed E-state index contributed by atoms with van der Waals surface area (Å²) < 4.78 is 38.3. The molecule has 0 fully saturated rings. The molecule has 0 radical (unpaired) electrons. The monoisotopic (exact) mass is 490 g/mol. The lowest BCUT2D eigenvalue weighted by molar-refractivity contribution is 0.0437. The number of carbonyl (C=O) groups excluding carboxylic acids is 3. The highest BCUT2D eigenvalue weighted by Crippen LogP contribution is 2.33. The number of sulfonamides is 1. The molecule has 0 bridgehead atoms. The molecule has 31 heavy (non-hydrogen) atoms. The van der Waals surface area contributed by atoms with Crippen LogP contribution in [0.1, 0.15) is 49.8 Å². The molecule has 1 heterocycles. The van der Waals surface area contributed by atoms with Gasteiger partial charge in [0.05, 0.1) is 23.8 Å². The predicted octanol–water partition coefficient (Wildman–Crippen LogP) is 2.34. The summed E-state index contributed by atoms with van der Waals surface area (Å²) in [4.78, 5) is 36.6. The highest BCUT2D eigenvalue weighted by molar-refractivity contribution is 7.89. The van der Waals surface area contributed by atoms with E-state index in [0.717, 1.165) is 17.4 Å². The van der Waals surface area contributed by atoms with Gasteiger partial charge in [0.25, 0.3) is 0 Å². The Labute approximate surface area is 187 Å². The van der Waals surface area contributed by atoms with Crippen LogP contribution in [0.3, 0.4) is 0 Å². The van der Waals surface area contributed by atoms with Crippen molar-refractivity contribution in [3.8, 4) is 0 Å². The number of halogens is 1. The van der Waals surface area contributed by atoms with E-state index < -0.39 is 39.4 Å². The highest BCUT2D eigenvalue weighted by atomic mass is 35.5. The molecule has 0 amide bonds. The SMILES string of the molecule is CCOC(=O)c1sc(N)c(C(=O)OCC)c1COC(=O)c1ccc(Cl)c(S(N)(=O)=O)c1. The summed E-state index contributed by atoms with van der Waals surface area (Å²) in [5.74, 6) is -2.49. The lowest BCUT2D eigenvalue weighted by atomic mass is 10.1. The number of thiophene rings is 1. The maximum atomic E-state index is 12.5. The van der Waals surface area contributed by atoms with E-state index >= 15 is 0 Å². The summed E-state index contributed by atoms with van der Waals surface area (Å²) in [6, 6.07) is 3.37. The van der Waals surface area contributed by atoms with E-state index in [1.54, 1.807) is 13.8 Å². The van der Waals surface area contributed by atoms with E-state index in [9.17, 15) is 22.8 Å². The molecule has 0 unspecified atom stereocenters. The van der Waals surface area contributed by atoms with Crippen molar-refractivity contribution in [1.82, 2.24) is 0 Å². The van der Waals surface area contributed by atoms with E-state index in [0.29, 0.717) is 0 Å². The van der Waals surface area contributed by atoms with Gasteiger partial charge in [-0.25, -0.2) is 27.9 Å². The number of primary sulfonamides is 1. The zero-order chi connectivity index (χ0) is 23.3. The lowest BCUT2D eigenvalue weighted by Crippen LogP contribution is -2.15. The molecule has 2 aromatic rings. The number of ether oxygens (including phenoxy) is 3. The van der Waals surface area contributed by atoms with Crippen molar-refractivity contribution in [3.63, 3.8) is 0 Å². The number of hydrogen-bond acceptors (Lipinski definition) is 10. The summed E-state index contributed by atoms with van der Waals surface area (Å²) in [6.07, 6.45) is 0. The van der Waals surface area contributed by atoms with Crippen molar-refractivity contribution in [2.75, 3.05) is 18.9 Å². The van der Waals surface area contributed by atoms with Gasteiger partial charge in [-0.1, -0.05) is 11.6 Å². The van der Waals surface area contributed by atoms with E-state index in [2.05, 4.69) is 0 Å². The molecule has 1 aromatic carbocycles. The number of carbonyl (C=O) groups is 3. The minimum Gasteiger partial charge on any atom is -0.462 e. The summed E-state index contributed by atoms with van der Waals surface area (Å²) in [6.45, 7) is 2.80. The van der Waals surface area contributed by atoms with Crippen molar-refractivity contribution < 1.29 is 37.0 Å². The topological polar surface area (TPSA) is 165 Å². The Morgan fingerprint density at radius 1 is 1.03 bits per heavy atom. The van der Waals surface area contributed by atoms with Gasteiger partial charge < -0.3 is 19.9 Å². The molecule has 10 nitrogen and oxygen atoms in total. The minimum absolute atomic E-state index is 0.00411. The number of esters is 3. The molecule has 4 N–H and O–H groups in total. The number of benzene rings is 1. The average molecular weight is 491 g/mol. The van der Waals surface area contributed by atoms with Crippen LogP contribution in [0, 0.1) is 0 Å². The van der Waals surface area contributed by atoms with Crippen LogP contribution in [0.4, 0.5) is 5.00 Å². The third-order valence-electron chi connectivity index (χ3n) is 3.80. The van der Waals surface area contributed by atoms with E-state index in [1.165, 1.54) is 12.1 Å². The van der Waals surface area contributed by atoms with E-state index in [1.807, 2.05) is 0 Å². The van der Waals surface area contributed by atoms with Crippen LogP contribution >= 0.6 is 22.9 Å². The standard InChI is InChI=1S/C18H19ClN2O8S2/c1-3-27-17(23)13-10(14(30-15(13)20)18(24)28-4-2)8-29-16(22)9-5-6-11(19)12(7-9)31(21,25)26/h5-7H,3-4,8,20H2,1-2H3,(H2,21,25,26). The molecule has 0 aliphatic carbocycles. The smallest absolute Gasteiger partial charge is 0.348 e. The summed E-state index contributed by atoms with van der Waals surface area (Å²) >= 11 is 6.60. The molecular formula is C18H19ClN2O8S2. The third-order valence-corrected chi connectivity index (χ3v) is 6.23. The van der Waals surface area contributed by atoms with Gasteiger partial charge in [-0.2, -0.15) is 0 Å². The maximum absolute atomic E-state index is 12.5. The molecule has 2 rings (SSSR count). The van der Waals surface area contributed by atoms with Crippen LogP contribution in [0.5, 0.6) is 0 Å². The quantitative estimate of drug-likeness (QED) is 0.417. The second kappa shape index (κ2) is 10.1. The number of anilines is 1. The Kier molecular flexibility index (Phi) is 8.01. The molecule has 0 saturated carbocycles. The van der Waals surface area contributed by atoms with Gasteiger partial charge in [-0.05, 0) is 32.0 Å². The van der Waals surface area contributed by atoms with Gasteiger partial charge >= 0.3 is 17.9 Å². The second-order valence-electron chi connectivity index (χ2n) is 5.86. The first-order chi connectivity index (χ1) is 14.5. The van der Waals surface area contributed by atoms with Crippen LogP contribution < -0.4 is 10.9 Å². The maximum Gasteiger partial charge on any atom is 0.348 e. The van der Waals surface area contributed by atoms with E-state index in [4.69, 9.17) is 36.7 Å². The normalized spacial score (nSPS) is 11.1. The number of nitrogens with two attached hydrogens (primary N) is 2. The molecule has 0 saturated heterocycles. The second-order valence-corrected chi connectivity index (χ2v) is 8.85. The van der Waals surface area contributed by atoms with Crippen molar-refractivity contribution in [2.24, 2.45) is 5.14 Å². The van der Waals surface area contributed by atoms with Crippen molar-refractivity contribution in [1.29, 1.82) is 0 Å². The fourth-order valence-corrected chi connectivity index (χ4v) is 4.51. The van der Waals surface area contributed by atoms with Crippen LogP contribution in [0.2, 0.25) is 5.02 Å². The molecule has 0 spiro atoms. The van der Waals surface area contributed by atoms with Gasteiger partial charge in [-0.15, -0.1) is 11.3 Å². The highest BCUT2D eigenvalue weighted by Gasteiger charge is 2.29. The first-order valence-corrected chi connectivity index (χ1v) is 11.5. The minimum atomic E-state index is -4.18. The first kappa shape index (κ1) is 24.6. The first-order valence-electron chi connectivity index (χ1n) is 8.76. The Hall–Kier alpha value is -2.67. The molecular weight excluding hydrogens is 472 g/mol. The zero-order valence-electron chi connectivity index (χ0n) is 16.5. The van der Waals surface area contributed by atoms with Gasteiger partial charge in [-0.3, -0.25) is 0 Å². The summed E-state index contributed by atoms with van der Waals surface area (Å²) in [5, 5.41) is 4.91. The van der Waals surface area contributed by atoms with Gasteiger partial charge in [0.15, 0.2) is 0 Å². The Balaban J connectivity index is 2.38. The molecule has 0 aliphatic rings. The fraction of sp³-hybridized carbons (Fsp3) is 0.278. The lowest BCUT2D eigenvalue weighted by Gasteiger charge is -2.10. The Bertz CT molecular complexity index is 1130. The van der Waals surface area contributed by atoms with Crippen molar-refractivity contribution in [2.45, 2.75) is 25.3 Å². The zero-order valence-corrected chi connectivity index (χ0v) is 18.9. The van der Waals surface area contributed by atoms with Gasteiger partial charge in [0, 0.05) is 5.56 Å². The fourth-order valence-electron chi connectivity index (χ4n) is 2.48. The van der Waals surface area contributed by atoms with Gasteiger partial charge in [0.2, 0.25) is 10.0 Å². The van der Waals surface area contributed by atoms with Crippen LogP contribution in [-0.2, 0) is 30.8 Å². The average Bonchev–Trinajstić information content (AvgIpc) is 3.02. The largest absolute Gasteiger partial charge is 0.462 e. The Morgan fingerprint density at radius 2 is 1.65 bits per heavy atom. The molecule has 13 heteroatoms. The van der Waals surface area contributed by atoms with Crippen LogP contribution in [-0.4, -0.2) is 39.5 Å². The Morgan fingerprint density at radius 3 is 2.23 bits per heavy atom. The van der Waals surface area contributed by atoms with E-state index in [-0.39, 0.29) is 44.8 Å². The van der Waals surface area contributed by atoms with Crippen LogP contribution in [0.15, 0.2) is 23.1 Å². The van der Waals surface area contributed by atoms with Gasteiger partial charge in [0.1, 0.15) is 26.9 Å². The molecule has 0 aliphatic heterocycles. The number of nitrogen functional groups attached to an aromatic ring is 1. The third kappa shape index (κ3) is 5.73. The van der Waals surface area contributed by atoms with Crippen LogP contribution in [0.25, 0.3) is 0 Å². The van der Waals surface area contributed by atoms with Crippen molar-refractivity contribution in [3.05, 3.63) is 44.8 Å². The predicted molar refractivity (Wildman–Crippen MR) is 113 cm³/mol. The molecule has 0 atom stereocenters. The number of hydrogen-bond donors (Lipinski definition) is 2. The van der Waals surface area contributed by atoms with Crippen molar-refractivity contribution >= 4 is 55.9 Å². The number of rotatable bonds is 8. The summed E-state index contributed by atoms with van der Waals surface area (Å²) in [5.41, 5.74) is 5.64. The molecule has 1 aromatic heterocycles.